The maximum Gasteiger partial charge on any atom is 0.335 e. The Balaban J connectivity index is 1.79. The molecule has 2 aromatic carbocycles. The minimum absolute atomic E-state index is 0.0127. The van der Waals surface area contributed by atoms with Gasteiger partial charge in [0.15, 0.2) is 16.6 Å². The van der Waals surface area contributed by atoms with E-state index in [9.17, 15) is 18.8 Å². The van der Waals surface area contributed by atoms with Crippen LogP contribution in [0.2, 0.25) is 0 Å². The van der Waals surface area contributed by atoms with Crippen molar-refractivity contribution in [3.8, 4) is 17.2 Å². The molecule has 4 amide bonds. The number of anilines is 1. The Labute approximate surface area is 211 Å². The number of nitrogens with zero attached hydrogens (tertiary/aromatic N) is 2. The van der Waals surface area contributed by atoms with Gasteiger partial charge in [-0.1, -0.05) is 0 Å². The molecule has 2 aliphatic heterocycles. The molecule has 0 atom stereocenters. The first kappa shape index (κ1) is 24.9. The van der Waals surface area contributed by atoms with E-state index in [0.29, 0.717) is 40.7 Å². The van der Waals surface area contributed by atoms with Gasteiger partial charge in [-0.25, -0.2) is 14.1 Å². The number of benzene rings is 2. The van der Waals surface area contributed by atoms with Crippen LogP contribution < -0.4 is 29.7 Å². The molecule has 36 heavy (non-hydrogen) atoms. The molecule has 188 valence electrons. The third-order valence-electron chi connectivity index (χ3n) is 5.70. The molecule has 0 unspecified atom stereocenters. The maximum atomic E-state index is 13.4. The first-order valence-electron chi connectivity index (χ1n) is 10.8. The summed E-state index contributed by atoms with van der Waals surface area (Å²) < 4.78 is 30.1. The van der Waals surface area contributed by atoms with Crippen LogP contribution in [0.3, 0.4) is 0 Å². The lowest BCUT2D eigenvalue weighted by Gasteiger charge is -2.26. The van der Waals surface area contributed by atoms with Gasteiger partial charge in [0.2, 0.25) is 12.5 Å². The molecule has 2 N–H and O–H groups in total. The molecule has 0 spiro atoms. The zero-order valence-electron chi connectivity index (χ0n) is 19.7. The molecule has 2 aromatic rings. The summed E-state index contributed by atoms with van der Waals surface area (Å²) in [5.41, 5.74) is 0.909. The lowest BCUT2D eigenvalue weighted by molar-refractivity contribution is -0.122. The van der Waals surface area contributed by atoms with Crippen molar-refractivity contribution < 1.29 is 33.0 Å². The highest BCUT2D eigenvalue weighted by Gasteiger charge is 2.37. The maximum absolute atomic E-state index is 13.4. The van der Waals surface area contributed by atoms with E-state index < -0.39 is 23.7 Å². The van der Waals surface area contributed by atoms with E-state index in [1.54, 1.807) is 13.1 Å². The number of nitrogens with one attached hydrogen (secondary N) is 2. The van der Waals surface area contributed by atoms with Gasteiger partial charge in [0, 0.05) is 26.2 Å². The number of urea groups is 1. The van der Waals surface area contributed by atoms with E-state index in [2.05, 4.69) is 10.6 Å². The van der Waals surface area contributed by atoms with Crippen molar-refractivity contribution in [2.45, 2.75) is 6.42 Å². The van der Waals surface area contributed by atoms with Crippen molar-refractivity contribution in [3.05, 3.63) is 52.8 Å². The van der Waals surface area contributed by atoms with Crippen molar-refractivity contribution in [1.82, 2.24) is 15.5 Å². The molecule has 4 rings (SSSR count). The van der Waals surface area contributed by atoms with E-state index in [0.717, 1.165) is 17.0 Å². The van der Waals surface area contributed by atoms with Gasteiger partial charge in [-0.15, -0.1) is 0 Å². The first-order valence-corrected chi connectivity index (χ1v) is 11.2. The van der Waals surface area contributed by atoms with E-state index >= 15 is 0 Å². The second-order valence-corrected chi connectivity index (χ2v) is 8.26. The van der Waals surface area contributed by atoms with Gasteiger partial charge in [0.05, 0.1) is 12.8 Å². The second-order valence-electron chi connectivity index (χ2n) is 7.88. The van der Waals surface area contributed by atoms with E-state index in [4.69, 9.17) is 26.4 Å². The molecule has 0 saturated carbocycles. The number of imide groups is 2. The number of hydrogen-bond donors (Lipinski definition) is 2. The molecular formula is C24H23FN4O6S. The monoisotopic (exact) mass is 514 g/mol. The summed E-state index contributed by atoms with van der Waals surface area (Å²) in [5.74, 6) is -1.20. The molecule has 0 aromatic heterocycles. The van der Waals surface area contributed by atoms with Crippen LogP contribution in [0.4, 0.5) is 14.9 Å². The van der Waals surface area contributed by atoms with Crippen LogP contribution in [-0.2, 0) is 16.0 Å². The van der Waals surface area contributed by atoms with Crippen LogP contribution in [0, 0.1) is 5.82 Å². The fourth-order valence-corrected chi connectivity index (χ4v) is 3.94. The average Bonchev–Trinajstić information content (AvgIpc) is 3.33. The zero-order chi connectivity index (χ0) is 26.0. The number of amides is 4. The number of hydrogen-bond acceptors (Lipinski definition) is 7. The number of carbonyl (C=O) groups excluding carboxylic acids is 3. The SMILES string of the molecule is CNC(=S)N(C)CCc1cc2c(c(OC)c1C=C1C(=O)NC(=O)N(c3ccc(F)cc3)C1=O)OCO2. The highest BCUT2D eigenvalue weighted by Crippen LogP contribution is 2.46. The van der Waals surface area contributed by atoms with Gasteiger partial charge in [-0.05, 0) is 60.6 Å². The lowest BCUT2D eigenvalue weighted by Crippen LogP contribution is -2.54. The quantitative estimate of drug-likeness (QED) is 0.341. The summed E-state index contributed by atoms with van der Waals surface area (Å²) in [7, 11) is 4.98. The van der Waals surface area contributed by atoms with Crippen LogP contribution in [-0.4, -0.2) is 62.4 Å². The molecule has 1 saturated heterocycles. The number of fused-ring (bicyclic) bond motifs is 1. The number of methoxy groups -OCH3 is 1. The van der Waals surface area contributed by atoms with Gasteiger partial charge in [-0.2, -0.15) is 0 Å². The molecule has 2 heterocycles. The number of rotatable bonds is 6. The van der Waals surface area contributed by atoms with Gasteiger partial charge >= 0.3 is 6.03 Å². The lowest BCUT2D eigenvalue weighted by atomic mass is 9.98. The number of carbonyl (C=O) groups is 3. The molecular weight excluding hydrogens is 491 g/mol. The van der Waals surface area contributed by atoms with Gasteiger partial charge in [0.1, 0.15) is 11.4 Å². The number of halogens is 1. The van der Waals surface area contributed by atoms with E-state index in [1.165, 1.54) is 25.3 Å². The molecule has 10 nitrogen and oxygen atoms in total. The van der Waals surface area contributed by atoms with E-state index in [1.807, 2.05) is 11.9 Å². The van der Waals surface area contributed by atoms with Crippen molar-refractivity contribution >= 4 is 46.9 Å². The number of barbiturate groups is 1. The summed E-state index contributed by atoms with van der Waals surface area (Å²) in [6.45, 7) is 0.486. The normalized spacial score (nSPS) is 15.7. The number of ether oxygens (including phenoxy) is 3. The summed E-state index contributed by atoms with van der Waals surface area (Å²) in [6, 6.07) is 5.58. The van der Waals surface area contributed by atoms with Crippen molar-refractivity contribution in [2.24, 2.45) is 0 Å². The molecule has 1 fully saturated rings. The molecule has 0 aliphatic carbocycles. The Bertz CT molecular complexity index is 1280. The first-order chi connectivity index (χ1) is 17.2. The third kappa shape index (κ3) is 4.67. The van der Waals surface area contributed by atoms with Crippen molar-refractivity contribution in [1.29, 1.82) is 0 Å². The van der Waals surface area contributed by atoms with Crippen LogP contribution in [0.5, 0.6) is 17.2 Å². The Morgan fingerprint density at radius 1 is 1.28 bits per heavy atom. The minimum atomic E-state index is -0.936. The largest absolute Gasteiger partial charge is 0.492 e. The summed E-state index contributed by atoms with van der Waals surface area (Å²) in [5, 5.41) is 5.60. The van der Waals surface area contributed by atoms with Crippen molar-refractivity contribution in [2.75, 3.05) is 39.4 Å². The number of thiocarbonyl (C=S) groups is 1. The van der Waals surface area contributed by atoms with Crippen LogP contribution in [0.1, 0.15) is 11.1 Å². The fourth-order valence-electron chi connectivity index (χ4n) is 3.85. The summed E-state index contributed by atoms with van der Waals surface area (Å²) in [6.07, 6.45) is 1.80. The standard InChI is InChI=1S/C24H23FN4O6S/c1-26-24(36)28(2)9-8-13-10-18-20(35-12-34-18)19(33-3)16(13)11-17-21(30)27-23(32)29(22(17)31)15-6-4-14(25)5-7-15/h4-7,10-11H,8-9,12H2,1-3H3,(H,26,36)(H,27,30,32). The Morgan fingerprint density at radius 2 is 2.00 bits per heavy atom. The van der Waals surface area contributed by atoms with Gasteiger partial charge in [-0.3, -0.25) is 14.9 Å². The zero-order valence-corrected chi connectivity index (χ0v) is 20.5. The predicted octanol–water partition coefficient (Wildman–Crippen LogP) is 2.21. The second kappa shape index (κ2) is 10.2. The van der Waals surface area contributed by atoms with Gasteiger partial charge < -0.3 is 24.4 Å². The van der Waals surface area contributed by atoms with Crippen LogP contribution in [0.15, 0.2) is 35.9 Å². The number of likely N-dealkylation sites (N-methyl/N-ethyl adjacent to an activating group) is 1. The molecule has 0 bridgehead atoms. The summed E-state index contributed by atoms with van der Waals surface area (Å²) in [4.78, 5) is 41.2. The topological polar surface area (TPSA) is 109 Å². The third-order valence-corrected chi connectivity index (χ3v) is 6.22. The van der Waals surface area contributed by atoms with Crippen LogP contribution in [0.25, 0.3) is 6.08 Å². The predicted molar refractivity (Wildman–Crippen MR) is 133 cm³/mol. The fraction of sp³-hybridized carbons (Fsp3) is 0.250. The Hall–Kier alpha value is -4.19. The average molecular weight is 515 g/mol. The smallest absolute Gasteiger partial charge is 0.335 e. The van der Waals surface area contributed by atoms with Gasteiger partial charge in [0.25, 0.3) is 11.8 Å². The minimum Gasteiger partial charge on any atom is -0.492 e. The highest BCUT2D eigenvalue weighted by molar-refractivity contribution is 7.80. The van der Waals surface area contributed by atoms with Crippen LogP contribution >= 0.6 is 12.2 Å². The molecule has 2 aliphatic rings. The van der Waals surface area contributed by atoms with E-state index in [-0.39, 0.29) is 23.8 Å². The Morgan fingerprint density at radius 3 is 2.67 bits per heavy atom. The summed E-state index contributed by atoms with van der Waals surface area (Å²) >= 11 is 5.27. The highest BCUT2D eigenvalue weighted by atomic mass is 32.1. The molecule has 12 heteroatoms. The van der Waals surface area contributed by atoms with Crippen molar-refractivity contribution in [3.63, 3.8) is 0 Å². The Kier molecular flexibility index (Phi) is 7.06. The molecule has 0 radical (unpaired) electrons.